The fourth-order valence-electron chi connectivity index (χ4n) is 2.51. The smallest absolute Gasteiger partial charge is 0.129 e. The molecule has 1 saturated heterocycles. The Morgan fingerprint density at radius 2 is 1.83 bits per heavy atom. The van der Waals surface area contributed by atoms with Gasteiger partial charge in [-0.25, -0.2) is 4.39 Å². The first-order valence-corrected chi connectivity index (χ1v) is 6.71. The predicted octanol–water partition coefficient (Wildman–Crippen LogP) is 2.96. The minimum Gasteiger partial charge on any atom is -0.381 e. The summed E-state index contributed by atoms with van der Waals surface area (Å²) in [5, 5.41) is 3.47. The molecule has 0 aliphatic carbocycles. The fraction of sp³-hybridized carbons (Fsp3) is 0.600. The Bertz CT molecular complexity index is 376. The summed E-state index contributed by atoms with van der Waals surface area (Å²) in [6.07, 6.45) is 2.29. The van der Waals surface area contributed by atoms with Crippen molar-refractivity contribution in [2.75, 3.05) is 19.8 Å². The molecule has 1 aromatic carbocycles. The minimum atomic E-state index is -0.0804. The Kier molecular flexibility index (Phi) is 4.72. The monoisotopic (exact) mass is 251 g/mol. The van der Waals surface area contributed by atoms with Gasteiger partial charge in [-0.15, -0.1) is 0 Å². The lowest BCUT2D eigenvalue weighted by Gasteiger charge is -2.22. The molecule has 18 heavy (non-hydrogen) atoms. The van der Waals surface area contributed by atoms with Crippen LogP contribution in [0.4, 0.5) is 4.39 Å². The molecule has 0 bridgehead atoms. The topological polar surface area (TPSA) is 21.3 Å². The molecule has 0 unspecified atom stereocenters. The number of hydrogen-bond acceptors (Lipinski definition) is 2. The van der Waals surface area contributed by atoms with Crippen LogP contribution < -0.4 is 5.32 Å². The lowest BCUT2D eigenvalue weighted by atomic mass is 10.00. The van der Waals surface area contributed by atoms with Crippen molar-refractivity contribution in [1.82, 2.24) is 5.32 Å². The summed E-state index contributed by atoms with van der Waals surface area (Å²) < 4.78 is 18.8. The van der Waals surface area contributed by atoms with E-state index in [4.69, 9.17) is 4.74 Å². The van der Waals surface area contributed by atoms with Crippen molar-refractivity contribution in [2.24, 2.45) is 5.92 Å². The summed E-state index contributed by atoms with van der Waals surface area (Å²) in [5.41, 5.74) is 2.63. The third kappa shape index (κ3) is 3.53. The van der Waals surface area contributed by atoms with E-state index in [9.17, 15) is 4.39 Å². The zero-order valence-corrected chi connectivity index (χ0v) is 11.3. The van der Waals surface area contributed by atoms with Gasteiger partial charge in [-0.2, -0.15) is 0 Å². The van der Waals surface area contributed by atoms with Gasteiger partial charge in [0.25, 0.3) is 0 Å². The number of nitrogens with one attached hydrogen (secondary N) is 1. The Hall–Kier alpha value is -0.930. The normalized spacial score (nSPS) is 17.1. The molecule has 3 heteroatoms. The second-order valence-corrected chi connectivity index (χ2v) is 5.23. The van der Waals surface area contributed by atoms with Gasteiger partial charge in [0.15, 0.2) is 0 Å². The highest BCUT2D eigenvalue weighted by Gasteiger charge is 2.13. The predicted molar refractivity (Wildman–Crippen MR) is 71.1 cm³/mol. The molecule has 0 saturated carbocycles. The van der Waals surface area contributed by atoms with Crippen LogP contribution in [0.15, 0.2) is 12.1 Å². The molecule has 100 valence electrons. The van der Waals surface area contributed by atoms with Crippen LogP contribution in [-0.2, 0) is 11.3 Å². The third-order valence-corrected chi connectivity index (χ3v) is 3.60. The summed E-state index contributed by atoms with van der Waals surface area (Å²) in [4.78, 5) is 0. The molecular weight excluding hydrogens is 229 g/mol. The summed E-state index contributed by atoms with van der Waals surface area (Å²) in [5.74, 6) is 0.643. The average Bonchev–Trinajstić information content (AvgIpc) is 2.37. The first-order chi connectivity index (χ1) is 8.66. The average molecular weight is 251 g/mol. The maximum Gasteiger partial charge on any atom is 0.129 e. The number of hydrogen-bond donors (Lipinski definition) is 1. The Morgan fingerprint density at radius 1 is 1.22 bits per heavy atom. The maximum atomic E-state index is 13.5. The third-order valence-electron chi connectivity index (χ3n) is 3.60. The largest absolute Gasteiger partial charge is 0.381 e. The van der Waals surface area contributed by atoms with Crippen molar-refractivity contribution in [2.45, 2.75) is 33.2 Å². The van der Waals surface area contributed by atoms with Crippen LogP contribution >= 0.6 is 0 Å². The summed E-state index contributed by atoms with van der Waals surface area (Å²) in [7, 11) is 0. The minimum absolute atomic E-state index is 0.0804. The van der Waals surface area contributed by atoms with Crippen LogP contribution in [0.1, 0.15) is 29.5 Å². The summed E-state index contributed by atoms with van der Waals surface area (Å²) >= 11 is 0. The van der Waals surface area contributed by atoms with Gasteiger partial charge in [0, 0.05) is 19.8 Å². The van der Waals surface area contributed by atoms with Crippen molar-refractivity contribution < 1.29 is 9.13 Å². The molecular formula is C15H22FNO. The fourth-order valence-corrected chi connectivity index (χ4v) is 2.51. The number of aryl methyl sites for hydroxylation is 2. The van der Waals surface area contributed by atoms with E-state index >= 15 is 0 Å². The maximum absolute atomic E-state index is 13.5. The quantitative estimate of drug-likeness (QED) is 0.888. The van der Waals surface area contributed by atoms with Crippen molar-refractivity contribution in [3.8, 4) is 0 Å². The van der Waals surface area contributed by atoms with E-state index in [-0.39, 0.29) is 5.82 Å². The molecule has 0 spiro atoms. The highest BCUT2D eigenvalue weighted by atomic mass is 19.1. The number of ether oxygens (including phenoxy) is 1. The first-order valence-electron chi connectivity index (χ1n) is 6.71. The Morgan fingerprint density at radius 3 is 2.44 bits per heavy atom. The van der Waals surface area contributed by atoms with Crippen LogP contribution in [0, 0.1) is 25.6 Å². The lowest BCUT2D eigenvalue weighted by molar-refractivity contribution is 0.0662. The zero-order valence-electron chi connectivity index (χ0n) is 11.3. The first kappa shape index (κ1) is 13.5. The van der Waals surface area contributed by atoms with Gasteiger partial charge in [-0.05, 0) is 55.8 Å². The molecule has 0 aromatic heterocycles. The number of halogens is 1. The van der Waals surface area contributed by atoms with Gasteiger partial charge in [-0.1, -0.05) is 12.1 Å². The van der Waals surface area contributed by atoms with Gasteiger partial charge < -0.3 is 10.1 Å². The van der Waals surface area contributed by atoms with E-state index in [1.807, 2.05) is 26.0 Å². The Labute approximate surface area is 109 Å². The standard InChI is InChI=1S/C15H22FNO/c1-11-7-14(8-12(2)15(11)16)10-17-9-13-3-5-18-6-4-13/h7-8,13,17H,3-6,9-10H2,1-2H3. The van der Waals surface area contributed by atoms with E-state index < -0.39 is 0 Å². The van der Waals surface area contributed by atoms with E-state index in [1.165, 1.54) is 5.56 Å². The summed E-state index contributed by atoms with van der Waals surface area (Å²) in [6, 6.07) is 3.86. The van der Waals surface area contributed by atoms with Gasteiger partial charge in [0.05, 0.1) is 0 Å². The molecule has 1 fully saturated rings. The van der Waals surface area contributed by atoms with Gasteiger partial charge in [0.1, 0.15) is 5.82 Å². The van der Waals surface area contributed by atoms with E-state index in [0.29, 0.717) is 0 Å². The molecule has 1 aliphatic rings. The molecule has 2 nitrogen and oxygen atoms in total. The number of benzene rings is 1. The highest BCUT2D eigenvalue weighted by Crippen LogP contribution is 2.16. The lowest BCUT2D eigenvalue weighted by Crippen LogP contribution is -2.27. The number of rotatable bonds is 4. The molecule has 2 rings (SSSR count). The zero-order chi connectivity index (χ0) is 13.0. The van der Waals surface area contributed by atoms with Crippen molar-refractivity contribution in [1.29, 1.82) is 0 Å². The van der Waals surface area contributed by atoms with Crippen LogP contribution in [0.5, 0.6) is 0 Å². The van der Waals surface area contributed by atoms with Crippen LogP contribution in [0.3, 0.4) is 0 Å². The van der Waals surface area contributed by atoms with E-state index in [2.05, 4.69) is 5.32 Å². The summed E-state index contributed by atoms with van der Waals surface area (Å²) in [6.45, 7) is 7.27. The van der Waals surface area contributed by atoms with E-state index in [1.54, 1.807) is 0 Å². The Balaban J connectivity index is 1.82. The molecule has 1 aromatic rings. The van der Waals surface area contributed by atoms with Crippen LogP contribution in [-0.4, -0.2) is 19.8 Å². The SMILES string of the molecule is Cc1cc(CNCC2CCOCC2)cc(C)c1F. The van der Waals surface area contributed by atoms with Crippen molar-refractivity contribution in [3.63, 3.8) is 0 Å². The molecule has 0 radical (unpaired) electrons. The molecule has 1 N–H and O–H groups in total. The molecule has 1 heterocycles. The van der Waals surface area contributed by atoms with Crippen LogP contribution in [0.25, 0.3) is 0 Å². The van der Waals surface area contributed by atoms with Gasteiger partial charge in [-0.3, -0.25) is 0 Å². The van der Waals surface area contributed by atoms with Gasteiger partial charge in [0.2, 0.25) is 0 Å². The molecule has 0 amide bonds. The van der Waals surface area contributed by atoms with Crippen molar-refractivity contribution >= 4 is 0 Å². The second kappa shape index (κ2) is 6.30. The van der Waals surface area contributed by atoms with Crippen LogP contribution in [0.2, 0.25) is 0 Å². The van der Waals surface area contributed by atoms with E-state index in [0.717, 1.165) is 56.2 Å². The molecule has 0 atom stereocenters. The highest BCUT2D eigenvalue weighted by molar-refractivity contribution is 5.30. The second-order valence-electron chi connectivity index (χ2n) is 5.23. The molecule has 1 aliphatic heterocycles. The van der Waals surface area contributed by atoms with Gasteiger partial charge >= 0.3 is 0 Å². The van der Waals surface area contributed by atoms with Crippen molar-refractivity contribution in [3.05, 3.63) is 34.6 Å².